The second kappa shape index (κ2) is 5.44. The topological polar surface area (TPSA) is 82.3 Å². The van der Waals surface area contributed by atoms with Gasteiger partial charge >= 0.3 is 6.36 Å². The SMILES string of the molecule is Nc1[c]ncc(S(=O)(=O)c2ccc(OC(F)(F)F)cc2F)c1. The number of anilines is 1. The summed E-state index contributed by atoms with van der Waals surface area (Å²) >= 11 is 0. The van der Waals surface area contributed by atoms with Gasteiger partial charge < -0.3 is 10.5 Å². The minimum atomic E-state index is -5.01. The monoisotopic (exact) mass is 335 g/mol. The predicted molar refractivity (Wildman–Crippen MR) is 66.0 cm³/mol. The molecule has 0 spiro atoms. The van der Waals surface area contributed by atoms with Crippen molar-refractivity contribution >= 4 is 15.5 Å². The first-order valence-corrected chi connectivity index (χ1v) is 7.01. The number of pyridine rings is 1. The smallest absolute Gasteiger partial charge is 0.406 e. The van der Waals surface area contributed by atoms with E-state index in [4.69, 9.17) is 5.73 Å². The molecular formula is C12H7F4N2O3S. The molecule has 0 saturated heterocycles. The van der Waals surface area contributed by atoms with Crippen LogP contribution in [0.3, 0.4) is 0 Å². The summed E-state index contributed by atoms with van der Waals surface area (Å²) in [5.74, 6) is -2.27. The Morgan fingerprint density at radius 2 is 1.91 bits per heavy atom. The minimum Gasteiger partial charge on any atom is -0.406 e. The molecular weight excluding hydrogens is 328 g/mol. The Morgan fingerprint density at radius 1 is 1.23 bits per heavy atom. The largest absolute Gasteiger partial charge is 0.573 e. The van der Waals surface area contributed by atoms with E-state index in [0.717, 1.165) is 12.3 Å². The van der Waals surface area contributed by atoms with Crippen molar-refractivity contribution in [2.45, 2.75) is 16.2 Å². The fraction of sp³-hybridized carbons (Fsp3) is 0.0833. The number of nitrogens with two attached hydrogens (primary N) is 1. The normalized spacial score (nSPS) is 12.2. The Kier molecular flexibility index (Phi) is 3.96. The zero-order chi connectivity index (χ0) is 16.5. The van der Waals surface area contributed by atoms with E-state index in [9.17, 15) is 26.0 Å². The number of hydrogen-bond acceptors (Lipinski definition) is 5. The van der Waals surface area contributed by atoms with Gasteiger partial charge in [0.25, 0.3) is 0 Å². The van der Waals surface area contributed by atoms with E-state index >= 15 is 0 Å². The number of nitrogens with zero attached hydrogens (tertiary/aromatic N) is 1. The van der Waals surface area contributed by atoms with Gasteiger partial charge in [0.1, 0.15) is 22.7 Å². The summed E-state index contributed by atoms with van der Waals surface area (Å²) in [5, 5.41) is 0. The number of halogens is 4. The van der Waals surface area contributed by atoms with Crippen molar-refractivity contribution < 1.29 is 30.7 Å². The van der Waals surface area contributed by atoms with Crippen LogP contribution in [0.25, 0.3) is 0 Å². The molecule has 2 rings (SSSR count). The summed E-state index contributed by atoms with van der Waals surface area (Å²) in [5.41, 5.74) is 5.26. The van der Waals surface area contributed by atoms with Crippen LogP contribution in [0.5, 0.6) is 5.75 Å². The first kappa shape index (κ1) is 16.0. The van der Waals surface area contributed by atoms with Crippen molar-refractivity contribution in [1.29, 1.82) is 0 Å². The molecule has 0 unspecified atom stereocenters. The van der Waals surface area contributed by atoms with Crippen LogP contribution in [0.4, 0.5) is 23.2 Å². The lowest BCUT2D eigenvalue weighted by atomic mass is 10.3. The summed E-state index contributed by atoms with van der Waals surface area (Å²) in [7, 11) is -4.33. The van der Waals surface area contributed by atoms with E-state index in [1.807, 2.05) is 0 Å². The molecule has 0 aliphatic rings. The average Bonchev–Trinajstić information content (AvgIpc) is 2.36. The molecule has 0 atom stereocenters. The summed E-state index contributed by atoms with van der Waals surface area (Å²) in [6.07, 6.45) is -1.85. The van der Waals surface area contributed by atoms with Crippen LogP contribution in [0.2, 0.25) is 0 Å². The lowest BCUT2D eigenvalue weighted by Gasteiger charge is -2.10. The molecule has 0 saturated carbocycles. The van der Waals surface area contributed by atoms with Crippen LogP contribution < -0.4 is 10.5 Å². The van der Waals surface area contributed by atoms with Crippen molar-refractivity contribution in [1.82, 2.24) is 4.98 Å². The van der Waals surface area contributed by atoms with Crippen molar-refractivity contribution in [3.63, 3.8) is 0 Å². The van der Waals surface area contributed by atoms with Crippen molar-refractivity contribution in [3.8, 4) is 5.75 Å². The zero-order valence-electron chi connectivity index (χ0n) is 10.6. The summed E-state index contributed by atoms with van der Waals surface area (Å²) in [6, 6.07) is 2.68. The lowest BCUT2D eigenvalue weighted by molar-refractivity contribution is -0.274. The fourth-order valence-corrected chi connectivity index (χ4v) is 2.85. The van der Waals surface area contributed by atoms with E-state index in [1.54, 1.807) is 0 Å². The summed E-state index contributed by atoms with van der Waals surface area (Å²) < 4.78 is 77.8. The number of alkyl halides is 3. The van der Waals surface area contributed by atoms with Gasteiger partial charge in [0.15, 0.2) is 0 Å². The molecule has 1 radical (unpaired) electrons. The van der Waals surface area contributed by atoms with Crippen LogP contribution in [0.15, 0.2) is 40.3 Å². The van der Waals surface area contributed by atoms with Crippen LogP contribution in [0.1, 0.15) is 0 Å². The molecule has 1 aromatic carbocycles. The molecule has 1 heterocycles. The van der Waals surface area contributed by atoms with Gasteiger partial charge in [-0.1, -0.05) is 0 Å². The number of sulfone groups is 1. The Hall–Kier alpha value is -2.36. The Bertz CT molecular complexity index is 806. The second-order valence-corrected chi connectivity index (χ2v) is 5.93. The Balaban J connectivity index is 2.45. The predicted octanol–water partition coefficient (Wildman–Crippen LogP) is 2.33. The Morgan fingerprint density at radius 3 is 2.45 bits per heavy atom. The Labute approximate surface area is 122 Å². The molecule has 0 amide bonds. The van der Waals surface area contributed by atoms with Gasteiger partial charge in [0, 0.05) is 12.3 Å². The highest BCUT2D eigenvalue weighted by Crippen LogP contribution is 2.29. The molecule has 0 fully saturated rings. The molecule has 0 aliphatic carbocycles. The van der Waals surface area contributed by atoms with Crippen LogP contribution in [-0.4, -0.2) is 19.8 Å². The number of ether oxygens (including phenoxy) is 1. The zero-order valence-corrected chi connectivity index (χ0v) is 11.4. The van der Waals surface area contributed by atoms with Crippen molar-refractivity contribution in [3.05, 3.63) is 42.5 Å². The van der Waals surface area contributed by atoms with Gasteiger partial charge in [0.2, 0.25) is 9.84 Å². The highest BCUT2D eigenvalue weighted by molar-refractivity contribution is 7.91. The number of rotatable bonds is 3. The molecule has 2 aromatic rings. The molecule has 0 bridgehead atoms. The maximum Gasteiger partial charge on any atom is 0.573 e. The number of aromatic nitrogens is 1. The second-order valence-electron chi connectivity index (χ2n) is 4.02. The molecule has 117 valence electrons. The molecule has 1 aromatic heterocycles. The lowest BCUT2D eigenvalue weighted by Crippen LogP contribution is -2.17. The fourth-order valence-electron chi connectivity index (χ4n) is 1.56. The van der Waals surface area contributed by atoms with Gasteiger partial charge in [0.05, 0.1) is 10.6 Å². The van der Waals surface area contributed by atoms with Gasteiger partial charge in [-0.3, -0.25) is 4.98 Å². The number of benzene rings is 1. The van der Waals surface area contributed by atoms with Crippen LogP contribution in [0, 0.1) is 12.0 Å². The van der Waals surface area contributed by atoms with Gasteiger partial charge in [-0.25, -0.2) is 12.8 Å². The van der Waals surface area contributed by atoms with Crippen molar-refractivity contribution in [2.75, 3.05) is 5.73 Å². The average molecular weight is 335 g/mol. The third-order valence-corrected chi connectivity index (χ3v) is 4.17. The third-order valence-electron chi connectivity index (χ3n) is 2.42. The van der Waals surface area contributed by atoms with E-state index in [2.05, 4.69) is 15.9 Å². The molecule has 2 N–H and O–H groups in total. The van der Waals surface area contributed by atoms with E-state index in [0.29, 0.717) is 18.2 Å². The quantitative estimate of drug-likeness (QED) is 0.871. The molecule has 10 heteroatoms. The maximum absolute atomic E-state index is 13.8. The van der Waals surface area contributed by atoms with E-state index < -0.39 is 37.6 Å². The third kappa shape index (κ3) is 3.45. The molecule has 5 nitrogen and oxygen atoms in total. The van der Waals surface area contributed by atoms with E-state index in [-0.39, 0.29) is 5.69 Å². The van der Waals surface area contributed by atoms with Gasteiger partial charge in [-0.15, -0.1) is 13.2 Å². The standard InChI is InChI=1S/C12H7F4N2O3S/c13-10-4-8(21-12(14,15)16)1-2-11(10)22(19,20)9-3-7(17)5-18-6-9/h1-4,6H,17H2. The summed E-state index contributed by atoms with van der Waals surface area (Å²) in [6.45, 7) is 0. The maximum atomic E-state index is 13.8. The van der Waals surface area contributed by atoms with E-state index in [1.165, 1.54) is 0 Å². The number of hydrogen-bond donors (Lipinski definition) is 1. The first-order valence-electron chi connectivity index (χ1n) is 5.53. The highest BCUT2D eigenvalue weighted by Gasteiger charge is 2.32. The minimum absolute atomic E-state index is 0.0847. The summed E-state index contributed by atoms with van der Waals surface area (Å²) in [4.78, 5) is 2.21. The van der Waals surface area contributed by atoms with Crippen molar-refractivity contribution in [2.24, 2.45) is 0 Å². The van der Waals surface area contributed by atoms with Gasteiger partial charge in [-0.2, -0.15) is 0 Å². The van der Waals surface area contributed by atoms with Gasteiger partial charge in [-0.05, 0) is 18.2 Å². The van der Waals surface area contributed by atoms with Crippen LogP contribution in [-0.2, 0) is 9.84 Å². The number of nitrogen functional groups attached to an aromatic ring is 1. The first-order chi connectivity index (χ1) is 10.1. The highest BCUT2D eigenvalue weighted by atomic mass is 32.2. The molecule has 0 aliphatic heterocycles. The molecule has 22 heavy (non-hydrogen) atoms. The van der Waals surface area contributed by atoms with Crippen LogP contribution >= 0.6 is 0 Å².